The molecule has 3 N–H and O–H groups in total. The van der Waals surface area contributed by atoms with Gasteiger partial charge in [-0.25, -0.2) is 4.39 Å². The summed E-state index contributed by atoms with van der Waals surface area (Å²) in [5.41, 5.74) is 2.48. The molecule has 0 aliphatic rings. The van der Waals surface area contributed by atoms with Gasteiger partial charge in [-0.3, -0.25) is 9.59 Å². The van der Waals surface area contributed by atoms with Gasteiger partial charge in [0.2, 0.25) is 11.8 Å². The number of H-pyrrole nitrogens is 1. The van der Waals surface area contributed by atoms with Gasteiger partial charge >= 0.3 is 0 Å². The van der Waals surface area contributed by atoms with Gasteiger partial charge < -0.3 is 15.6 Å². The fourth-order valence-electron chi connectivity index (χ4n) is 2.55. The summed E-state index contributed by atoms with van der Waals surface area (Å²) in [5, 5.41) is 6.20. The van der Waals surface area contributed by atoms with Gasteiger partial charge in [0, 0.05) is 23.8 Å². The van der Waals surface area contributed by atoms with Crippen molar-refractivity contribution < 1.29 is 14.0 Å². The van der Waals surface area contributed by atoms with Crippen molar-refractivity contribution in [2.75, 3.05) is 11.9 Å². The van der Waals surface area contributed by atoms with Crippen molar-refractivity contribution in [3.8, 4) is 0 Å². The number of rotatable bonds is 6. The molecule has 0 bridgehead atoms. The van der Waals surface area contributed by atoms with E-state index < -0.39 is 11.7 Å². The molecule has 1 heterocycles. The predicted octanol–water partition coefficient (Wildman–Crippen LogP) is 2.99. The van der Waals surface area contributed by atoms with Crippen molar-refractivity contribution in [1.82, 2.24) is 10.3 Å². The van der Waals surface area contributed by atoms with Crippen LogP contribution in [0.25, 0.3) is 10.9 Å². The molecule has 1 aromatic heterocycles. The Morgan fingerprint density at radius 3 is 2.76 bits per heavy atom. The van der Waals surface area contributed by atoms with E-state index in [4.69, 9.17) is 0 Å². The molecule has 6 heteroatoms. The minimum atomic E-state index is -0.429. The number of aromatic nitrogens is 1. The molecule has 2 amide bonds. The summed E-state index contributed by atoms with van der Waals surface area (Å²) >= 11 is 0. The van der Waals surface area contributed by atoms with Gasteiger partial charge in [0.25, 0.3) is 0 Å². The van der Waals surface area contributed by atoms with Gasteiger partial charge in [-0.05, 0) is 53.8 Å². The molecule has 0 fully saturated rings. The molecular formula is C19H18FN3O2. The molecule has 0 aliphatic carbocycles. The van der Waals surface area contributed by atoms with E-state index in [0.717, 1.165) is 16.5 Å². The largest absolute Gasteiger partial charge is 0.361 e. The van der Waals surface area contributed by atoms with Crippen LogP contribution in [0.3, 0.4) is 0 Å². The highest BCUT2D eigenvalue weighted by Gasteiger charge is 2.07. The van der Waals surface area contributed by atoms with Crippen LogP contribution in [0, 0.1) is 5.82 Å². The Bertz CT molecular complexity index is 904. The first-order chi connectivity index (χ1) is 12.1. The Hall–Kier alpha value is -3.15. The Kier molecular flexibility index (Phi) is 5.09. The summed E-state index contributed by atoms with van der Waals surface area (Å²) in [6.07, 6.45) is 2.76. The smallest absolute Gasteiger partial charge is 0.243 e. The van der Waals surface area contributed by atoms with Crippen LogP contribution in [0.1, 0.15) is 12.0 Å². The normalized spacial score (nSPS) is 10.6. The molecule has 5 nitrogen and oxygen atoms in total. The minimum Gasteiger partial charge on any atom is -0.361 e. The van der Waals surface area contributed by atoms with Crippen LogP contribution >= 0.6 is 0 Å². The van der Waals surface area contributed by atoms with Crippen molar-refractivity contribution >= 4 is 28.4 Å². The molecular weight excluding hydrogens is 321 g/mol. The predicted molar refractivity (Wildman–Crippen MR) is 94.7 cm³/mol. The maximum atomic E-state index is 13.0. The number of aromatic amines is 1. The van der Waals surface area contributed by atoms with E-state index in [1.165, 1.54) is 18.2 Å². The van der Waals surface area contributed by atoms with Crippen molar-refractivity contribution in [3.63, 3.8) is 0 Å². The quantitative estimate of drug-likeness (QED) is 0.646. The lowest BCUT2D eigenvalue weighted by atomic mass is 10.1. The van der Waals surface area contributed by atoms with Crippen molar-refractivity contribution in [2.24, 2.45) is 0 Å². The van der Waals surface area contributed by atoms with Crippen LogP contribution in [0.4, 0.5) is 10.1 Å². The van der Waals surface area contributed by atoms with Crippen molar-refractivity contribution in [2.45, 2.75) is 12.8 Å². The van der Waals surface area contributed by atoms with E-state index in [1.807, 2.05) is 30.5 Å². The van der Waals surface area contributed by atoms with Gasteiger partial charge in [0.15, 0.2) is 0 Å². The maximum absolute atomic E-state index is 13.0. The van der Waals surface area contributed by atoms with Crippen LogP contribution in [0.15, 0.2) is 54.7 Å². The topological polar surface area (TPSA) is 74.0 Å². The van der Waals surface area contributed by atoms with E-state index in [9.17, 15) is 14.0 Å². The Labute approximate surface area is 144 Å². The highest BCUT2D eigenvalue weighted by atomic mass is 19.1. The van der Waals surface area contributed by atoms with E-state index >= 15 is 0 Å². The van der Waals surface area contributed by atoms with Crippen molar-refractivity contribution in [3.05, 3.63) is 66.1 Å². The molecule has 2 aromatic carbocycles. The third-order valence-electron chi connectivity index (χ3n) is 3.81. The third-order valence-corrected chi connectivity index (χ3v) is 3.81. The van der Waals surface area contributed by atoms with Gasteiger partial charge in [-0.15, -0.1) is 0 Å². The molecule has 0 unspecified atom stereocenters. The lowest BCUT2D eigenvalue weighted by Gasteiger charge is -2.07. The molecule has 0 atom stereocenters. The fourth-order valence-corrected chi connectivity index (χ4v) is 2.55. The van der Waals surface area contributed by atoms with Gasteiger partial charge in [0.1, 0.15) is 5.82 Å². The van der Waals surface area contributed by atoms with Gasteiger partial charge in [-0.1, -0.05) is 12.1 Å². The summed E-state index contributed by atoms with van der Waals surface area (Å²) in [5.74, 6) is -1.03. The van der Waals surface area contributed by atoms with E-state index in [-0.39, 0.29) is 12.5 Å². The maximum Gasteiger partial charge on any atom is 0.243 e. The highest BCUT2D eigenvalue weighted by molar-refractivity contribution is 5.94. The molecule has 0 saturated carbocycles. The Morgan fingerprint density at radius 2 is 1.92 bits per heavy atom. The third kappa shape index (κ3) is 4.67. The van der Waals surface area contributed by atoms with Crippen LogP contribution in [-0.2, 0) is 16.0 Å². The van der Waals surface area contributed by atoms with Crippen LogP contribution < -0.4 is 10.6 Å². The number of carbonyl (C=O) groups excluding carboxylic acids is 2. The highest BCUT2D eigenvalue weighted by Crippen LogP contribution is 2.15. The molecule has 128 valence electrons. The van der Waals surface area contributed by atoms with Gasteiger partial charge in [0.05, 0.1) is 6.54 Å². The zero-order chi connectivity index (χ0) is 17.6. The lowest BCUT2D eigenvalue weighted by molar-refractivity contribution is -0.124. The van der Waals surface area contributed by atoms with Crippen LogP contribution in [-0.4, -0.2) is 23.3 Å². The van der Waals surface area contributed by atoms with E-state index in [1.54, 1.807) is 6.07 Å². The summed E-state index contributed by atoms with van der Waals surface area (Å²) < 4.78 is 13.0. The first-order valence-corrected chi connectivity index (χ1v) is 7.98. The molecule has 0 aliphatic heterocycles. The molecule has 0 spiro atoms. The van der Waals surface area contributed by atoms with Crippen LogP contribution in [0.5, 0.6) is 0 Å². The van der Waals surface area contributed by atoms with E-state index in [2.05, 4.69) is 15.6 Å². The Morgan fingerprint density at radius 1 is 1.04 bits per heavy atom. The van der Waals surface area contributed by atoms with Crippen LogP contribution in [0.2, 0.25) is 0 Å². The number of anilines is 1. The lowest BCUT2D eigenvalue weighted by Crippen LogP contribution is -2.32. The zero-order valence-electron chi connectivity index (χ0n) is 13.5. The summed E-state index contributed by atoms with van der Waals surface area (Å²) in [7, 11) is 0. The average molecular weight is 339 g/mol. The molecule has 25 heavy (non-hydrogen) atoms. The number of carbonyl (C=O) groups is 2. The standard InChI is InChI=1S/C19H18FN3O2/c20-15-2-1-3-16(11-15)23-19(25)12-22-18(24)7-5-13-4-6-17-14(10-13)8-9-21-17/h1-4,6,8-11,21H,5,7,12H2,(H,22,24)(H,23,25). The number of nitrogens with one attached hydrogen (secondary N) is 3. The monoisotopic (exact) mass is 339 g/mol. The van der Waals surface area contributed by atoms with Gasteiger partial charge in [-0.2, -0.15) is 0 Å². The number of hydrogen-bond donors (Lipinski definition) is 3. The molecule has 3 aromatic rings. The second-order valence-corrected chi connectivity index (χ2v) is 5.73. The number of amides is 2. The zero-order valence-corrected chi connectivity index (χ0v) is 13.5. The summed E-state index contributed by atoms with van der Waals surface area (Å²) in [6.45, 7) is -0.147. The second kappa shape index (κ2) is 7.61. The minimum absolute atomic E-state index is 0.147. The number of fused-ring (bicyclic) bond motifs is 1. The number of hydrogen-bond acceptors (Lipinski definition) is 2. The SMILES string of the molecule is O=C(CCc1ccc2[nH]ccc2c1)NCC(=O)Nc1cccc(F)c1. The van der Waals surface area contributed by atoms with E-state index in [0.29, 0.717) is 18.5 Å². The first-order valence-electron chi connectivity index (χ1n) is 7.98. The summed E-state index contributed by atoms with van der Waals surface area (Å²) in [6, 6.07) is 13.6. The fraction of sp³-hybridized carbons (Fsp3) is 0.158. The molecule has 0 radical (unpaired) electrons. The Balaban J connectivity index is 1.43. The van der Waals surface area contributed by atoms with Crippen molar-refractivity contribution in [1.29, 1.82) is 0 Å². The average Bonchev–Trinajstić information content (AvgIpc) is 3.06. The summed E-state index contributed by atoms with van der Waals surface area (Å²) in [4.78, 5) is 26.8. The molecule has 0 saturated heterocycles. The second-order valence-electron chi connectivity index (χ2n) is 5.73. The number of aryl methyl sites for hydroxylation is 1. The molecule has 3 rings (SSSR count). The number of benzene rings is 2. The number of halogens is 1. The first kappa shape index (κ1) is 16.7.